The van der Waals surface area contributed by atoms with Gasteiger partial charge in [-0.3, -0.25) is 4.79 Å². The highest BCUT2D eigenvalue weighted by Gasteiger charge is 2.47. The minimum Gasteiger partial charge on any atom is -0.479 e. The van der Waals surface area contributed by atoms with Gasteiger partial charge in [-0.1, -0.05) is 6.92 Å². The number of hydrogen-bond acceptors (Lipinski definition) is 6. The summed E-state index contributed by atoms with van der Waals surface area (Å²) in [4.78, 5) is 21.8. The van der Waals surface area contributed by atoms with Crippen molar-refractivity contribution in [3.63, 3.8) is 0 Å². The summed E-state index contributed by atoms with van der Waals surface area (Å²) in [6.07, 6.45) is -6.64. The summed E-state index contributed by atoms with van der Waals surface area (Å²) in [6.45, 7) is 1.56. The summed E-state index contributed by atoms with van der Waals surface area (Å²) in [5.74, 6) is -1.96. The summed E-state index contributed by atoms with van der Waals surface area (Å²) < 4.78 is 4.62. The van der Waals surface area contributed by atoms with E-state index in [1.165, 1.54) is 0 Å². The van der Waals surface area contributed by atoms with Gasteiger partial charge in [-0.15, -0.1) is 0 Å². The first-order valence-electron chi connectivity index (χ1n) is 5.10. The van der Waals surface area contributed by atoms with Gasteiger partial charge in [0.05, 0.1) is 0 Å². The Labute approximate surface area is 96.8 Å². The third kappa shape index (κ3) is 2.91. The van der Waals surface area contributed by atoms with Gasteiger partial charge in [0.15, 0.2) is 12.4 Å². The van der Waals surface area contributed by atoms with E-state index in [0.29, 0.717) is 0 Å². The van der Waals surface area contributed by atoms with Crippen molar-refractivity contribution in [3.05, 3.63) is 0 Å². The van der Waals surface area contributed by atoms with E-state index in [0.717, 1.165) is 0 Å². The second-order valence-corrected chi connectivity index (χ2v) is 3.71. The Kier molecular flexibility index (Phi) is 4.40. The molecule has 0 saturated carbocycles. The Morgan fingerprint density at radius 1 is 1.24 bits per heavy atom. The van der Waals surface area contributed by atoms with Gasteiger partial charge in [0.2, 0.25) is 5.91 Å². The zero-order valence-electron chi connectivity index (χ0n) is 9.11. The number of ether oxygens (including phenoxy) is 1. The Morgan fingerprint density at radius 2 is 1.82 bits per heavy atom. The number of aliphatic hydroxyl groups excluding tert-OH is 3. The Hall–Kier alpha value is -1.22. The molecule has 1 unspecified atom stereocenters. The van der Waals surface area contributed by atoms with Crippen LogP contribution in [-0.2, 0) is 14.3 Å². The molecule has 5 N–H and O–H groups in total. The van der Waals surface area contributed by atoms with Crippen LogP contribution in [0.15, 0.2) is 0 Å². The summed E-state index contributed by atoms with van der Waals surface area (Å²) in [5.41, 5.74) is 0. The SMILES string of the molecule is CCC(=O)N[C@H]1C(O)O[C@H](C(=O)O)[C@@H](O)[C@@H]1O. The number of rotatable bonds is 3. The van der Waals surface area contributed by atoms with Crippen LogP contribution in [0.25, 0.3) is 0 Å². The van der Waals surface area contributed by atoms with E-state index < -0.39 is 42.5 Å². The molecule has 1 amide bonds. The molecule has 1 heterocycles. The first kappa shape index (κ1) is 13.8. The first-order chi connectivity index (χ1) is 7.88. The predicted molar refractivity (Wildman–Crippen MR) is 52.8 cm³/mol. The van der Waals surface area contributed by atoms with Crippen molar-refractivity contribution in [1.82, 2.24) is 5.32 Å². The lowest BCUT2D eigenvalue weighted by molar-refractivity contribution is -0.249. The minimum atomic E-state index is -1.73. The molecule has 1 rings (SSSR count). The van der Waals surface area contributed by atoms with E-state index in [1.807, 2.05) is 0 Å². The number of nitrogens with one attached hydrogen (secondary N) is 1. The highest BCUT2D eigenvalue weighted by Crippen LogP contribution is 2.20. The van der Waals surface area contributed by atoms with Gasteiger partial charge in [0, 0.05) is 6.42 Å². The third-order valence-electron chi connectivity index (χ3n) is 2.51. The van der Waals surface area contributed by atoms with Crippen molar-refractivity contribution < 1.29 is 34.8 Å². The van der Waals surface area contributed by atoms with E-state index in [4.69, 9.17) is 5.11 Å². The number of amides is 1. The molecular weight excluding hydrogens is 234 g/mol. The smallest absolute Gasteiger partial charge is 0.335 e. The maximum atomic E-state index is 11.1. The molecule has 0 bridgehead atoms. The number of aliphatic carboxylic acids is 1. The Morgan fingerprint density at radius 3 is 2.29 bits per heavy atom. The highest BCUT2D eigenvalue weighted by molar-refractivity contribution is 5.76. The molecule has 1 aliphatic rings. The van der Waals surface area contributed by atoms with Crippen LogP contribution in [0.2, 0.25) is 0 Å². The summed E-state index contributed by atoms with van der Waals surface area (Å²) in [5, 5.41) is 39.4. The normalized spacial score (nSPS) is 37.5. The van der Waals surface area contributed by atoms with Crippen molar-refractivity contribution in [1.29, 1.82) is 0 Å². The standard InChI is InChI=1S/C9H15NO7/c1-2-3(11)10-4-5(12)6(13)7(8(14)15)17-9(4)16/h4-7,9,12-13,16H,2H2,1H3,(H,10,11)(H,14,15)/t4-,5-,6+,7+,9?/m1/s1. The topological polar surface area (TPSA) is 136 Å². The molecular formula is C9H15NO7. The number of carboxylic acids is 1. The van der Waals surface area contributed by atoms with Crippen LogP contribution in [0.5, 0.6) is 0 Å². The van der Waals surface area contributed by atoms with Crippen molar-refractivity contribution >= 4 is 11.9 Å². The quantitative estimate of drug-likeness (QED) is 0.370. The fourth-order valence-electron chi connectivity index (χ4n) is 1.52. The van der Waals surface area contributed by atoms with Gasteiger partial charge in [0.25, 0.3) is 0 Å². The van der Waals surface area contributed by atoms with E-state index in [-0.39, 0.29) is 6.42 Å². The molecule has 0 aromatic carbocycles. The highest BCUT2D eigenvalue weighted by atomic mass is 16.6. The first-order valence-corrected chi connectivity index (χ1v) is 5.10. The number of carbonyl (C=O) groups excluding carboxylic acids is 1. The fraction of sp³-hybridized carbons (Fsp3) is 0.778. The Balaban J connectivity index is 2.76. The van der Waals surface area contributed by atoms with E-state index in [2.05, 4.69) is 10.1 Å². The van der Waals surface area contributed by atoms with Crippen LogP contribution < -0.4 is 5.32 Å². The molecule has 0 radical (unpaired) electrons. The molecule has 8 nitrogen and oxygen atoms in total. The average molecular weight is 249 g/mol. The lowest BCUT2D eigenvalue weighted by Crippen LogP contribution is -2.64. The van der Waals surface area contributed by atoms with E-state index >= 15 is 0 Å². The maximum Gasteiger partial charge on any atom is 0.335 e. The van der Waals surface area contributed by atoms with Crippen molar-refractivity contribution in [3.8, 4) is 0 Å². The molecule has 0 aromatic heterocycles. The summed E-state index contributed by atoms with van der Waals surface area (Å²) in [6, 6.07) is -1.26. The number of carbonyl (C=O) groups is 2. The van der Waals surface area contributed by atoms with Crippen LogP contribution in [0.3, 0.4) is 0 Å². The molecule has 0 aromatic rings. The minimum absolute atomic E-state index is 0.119. The van der Waals surface area contributed by atoms with Gasteiger partial charge >= 0.3 is 5.97 Å². The van der Waals surface area contributed by atoms with Crippen molar-refractivity contribution in [2.45, 2.75) is 44.0 Å². The molecule has 1 saturated heterocycles. The number of aliphatic hydroxyl groups is 3. The lowest BCUT2D eigenvalue weighted by atomic mass is 9.96. The van der Waals surface area contributed by atoms with Crippen LogP contribution in [0.4, 0.5) is 0 Å². The third-order valence-corrected chi connectivity index (χ3v) is 2.51. The monoisotopic (exact) mass is 249 g/mol. The molecule has 98 valence electrons. The van der Waals surface area contributed by atoms with Gasteiger partial charge in [-0.05, 0) is 0 Å². The second kappa shape index (κ2) is 5.41. The van der Waals surface area contributed by atoms with E-state index in [1.54, 1.807) is 6.92 Å². The molecule has 17 heavy (non-hydrogen) atoms. The van der Waals surface area contributed by atoms with Gasteiger partial charge in [-0.2, -0.15) is 0 Å². The van der Waals surface area contributed by atoms with Crippen LogP contribution in [0, 0.1) is 0 Å². The molecule has 1 fully saturated rings. The van der Waals surface area contributed by atoms with Gasteiger partial charge in [0.1, 0.15) is 18.2 Å². The molecule has 0 aliphatic carbocycles. The molecule has 8 heteroatoms. The molecule has 5 atom stereocenters. The molecule has 1 aliphatic heterocycles. The number of carboxylic acid groups (broad SMARTS) is 1. The van der Waals surface area contributed by atoms with Crippen molar-refractivity contribution in [2.24, 2.45) is 0 Å². The van der Waals surface area contributed by atoms with E-state index in [9.17, 15) is 24.9 Å². The van der Waals surface area contributed by atoms with Gasteiger partial charge in [-0.25, -0.2) is 4.79 Å². The zero-order valence-corrected chi connectivity index (χ0v) is 9.11. The second-order valence-electron chi connectivity index (χ2n) is 3.71. The average Bonchev–Trinajstić information content (AvgIpc) is 2.28. The van der Waals surface area contributed by atoms with Crippen LogP contribution >= 0.6 is 0 Å². The zero-order chi connectivity index (χ0) is 13.2. The van der Waals surface area contributed by atoms with Crippen LogP contribution in [0.1, 0.15) is 13.3 Å². The lowest BCUT2D eigenvalue weighted by Gasteiger charge is -2.39. The summed E-state index contributed by atoms with van der Waals surface area (Å²) >= 11 is 0. The van der Waals surface area contributed by atoms with Crippen LogP contribution in [-0.4, -0.2) is 62.9 Å². The largest absolute Gasteiger partial charge is 0.479 e. The predicted octanol–water partition coefficient (Wildman–Crippen LogP) is -2.60. The Bertz CT molecular complexity index is 308. The number of hydrogen-bond donors (Lipinski definition) is 5. The fourth-order valence-corrected chi connectivity index (χ4v) is 1.52. The summed E-state index contributed by atoms with van der Waals surface area (Å²) in [7, 11) is 0. The van der Waals surface area contributed by atoms with Crippen molar-refractivity contribution in [2.75, 3.05) is 0 Å². The molecule has 0 spiro atoms. The van der Waals surface area contributed by atoms with Gasteiger partial charge < -0.3 is 30.5 Å². The maximum absolute atomic E-state index is 11.1.